The smallest absolute Gasteiger partial charge is 0.289 e. The van der Waals surface area contributed by atoms with Gasteiger partial charge in [0.05, 0.1) is 5.71 Å². The molecule has 0 aliphatic heterocycles. The lowest BCUT2D eigenvalue weighted by molar-refractivity contribution is 0.0950. The number of hydrazone groups is 1. The second-order valence-corrected chi connectivity index (χ2v) is 5.61. The average molecular weight is 352 g/mol. The minimum Gasteiger partial charge on any atom is -0.508 e. The number of pyridine rings is 1. The number of aromatic nitrogens is 1. The Labute approximate surface area is 149 Å². The molecule has 5 nitrogen and oxygen atoms in total. The monoisotopic (exact) mass is 351 g/mol. The Morgan fingerprint density at radius 2 is 1.60 bits per heavy atom. The molecule has 1 heterocycles. The fourth-order valence-corrected chi connectivity index (χ4v) is 2.31. The van der Waals surface area contributed by atoms with E-state index in [1.165, 1.54) is 0 Å². The zero-order valence-electron chi connectivity index (χ0n) is 13.1. The molecule has 25 heavy (non-hydrogen) atoms. The molecule has 0 fully saturated rings. The molecule has 0 saturated heterocycles. The van der Waals surface area contributed by atoms with E-state index >= 15 is 0 Å². The van der Waals surface area contributed by atoms with Crippen molar-refractivity contribution in [3.63, 3.8) is 0 Å². The number of rotatable bonds is 4. The Kier molecular flexibility index (Phi) is 5.06. The van der Waals surface area contributed by atoms with Gasteiger partial charge in [-0.05, 0) is 48.5 Å². The van der Waals surface area contributed by atoms with Crippen LogP contribution in [0.15, 0.2) is 78.0 Å². The molecule has 3 rings (SSSR count). The van der Waals surface area contributed by atoms with Gasteiger partial charge in [-0.15, -0.1) is 0 Å². The fourth-order valence-electron chi connectivity index (χ4n) is 2.18. The number of carbonyl (C=O) groups excluding carboxylic acids is 1. The van der Waals surface area contributed by atoms with Gasteiger partial charge in [0.15, 0.2) is 0 Å². The van der Waals surface area contributed by atoms with Crippen molar-refractivity contribution in [2.45, 2.75) is 0 Å². The van der Waals surface area contributed by atoms with Gasteiger partial charge in [-0.3, -0.25) is 9.78 Å². The standard InChI is InChI=1S/C19H14ClN3O2/c20-15-8-4-13(5-9-15)18(14-6-10-16(24)11-7-14)22-23-19(25)17-3-1-2-12-21-17/h1-12,24H,(H,23,25)/b22-18-. The van der Waals surface area contributed by atoms with Crippen molar-refractivity contribution in [2.75, 3.05) is 0 Å². The predicted octanol–water partition coefficient (Wildman–Crippen LogP) is 3.62. The number of halogens is 1. The van der Waals surface area contributed by atoms with Crippen molar-refractivity contribution in [3.8, 4) is 5.75 Å². The van der Waals surface area contributed by atoms with Crippen molar-refractivity contribution >= 4 is 23.2 Å². The molecule has 0 aliphatic rings. The summed E-state index contributed by atoms with van der Waals surface area (Å²) in [6.07, 6.45) is 1.54. The third-order valence-electron chi connectivity index (χ3n) is 3.43. The molecular weight excluding hydrogens is 338 g/mol. The summed E-state index contributed by atoms with van der Waals surface area (Å²) >= 11 is 5.94. The van der Waals surface area contributed by atoms with Crippen LogP contribution in [0.2, 0.25) is 5.02 Å². The van der Waals surface area contributed by atoms with Crippen LogP contribution < -0.4 is 5.43 Å². The zero-order valence-corrected chi connectivity index (χ0v) is 13.8. The zero-order chi connectivity index (χ0) is 17.6. The molecule has 0 saturated carbocycles. The van der Waals surface area contributed by atoms with Gasteiger partial charge in [-0.1, -0.05) is 29.8 Å². The van der Waals surface area contributed by atoms with Gasteiger partial charge in [-0.25, -0.2) is 5.43 Å². The van der Waals surface area contributed by atoms with Gasteiger partial charge >= 0.3 is 0 Å². The molecule has 1 amide bonds. The number of carbonyl (C=O) groups is 1. The van der Waals surface area contributed by atoms with Crippen LogP contribution >= 0.6 is 11.6 Å². The molecule has 124 valence electrons. The maximum absolute atomic E-state index is 12.2. The summed E-state index contributed by atoms with van der Waals surface area (Å²) in [5, 5.41) is 14.3. The summed E-state index contributed by atoms with van der Waals surface area (Å²) in [7, 11) is 0. The van der Waals surface area contributed by atoms with E-state index in [0.717, 1.165) is 11.1 Å². The number of nitrogens with zero attached hydrogens (tertiary/aromatic N) is 2. The van der Waals surface area contributed by atoms with E-state index in [4.69, 9.17) is 11.6 Å². The Balaban J connectivity index is 1.94. The van der Waals surface area contributed by atoms with Gasteiger partial charge in [-0.2, -0.15) is 5.10 Å². The number of aromatic hydroxyl groups is 1. The second kappa shape index (κ2) is 7.59. The number of nitrogens with one attached hydrogen (secondary N) is 1. The van der Waals surface area contributed by atoms with Gasteiger partial charge in [0.1, 0.15) is 11.4 Å². The third-order valence-corrected chi connectivity index (χ3v) is 3.68. The topological polar surface area (TPSA) is 74.6 Å². The van der Waals surface area contributed by atoms with E-state index in [2.05, 4.69) is 15.5 Å². The van der Waals surface area contributed by atoms with Crippen LogP contribution in [0.25, 0.3) is 0 Å². The molecule has 0 bridgehead atoms. The Bertz CT molecular complexity index is 845. The first-order valence-electron chi connectivity index (χ1n) is 7.48. The summed E-state index contributed by atoms with van der Waals surface area (Å²) in [6.45, 7) is 0. The van der Waals surface area contributed by atoms with Gasteiger partial charge < -0.3 is 5.11 Å². The van der Waals surface area contributed by atoms with E-state index in [0.29, 0.717) is 10.7 Å². The maximum Gasteiger partial charge on any atom is 0.289 e. The van der Waals surface area contributed by atoms with Crippen LogP contribution in [-0.4, -0.2) is 21.7 Å². The third kappa shape index (κ3) is 4.22. The average Bonchev–Trinajstić information content (AvgIpc) is 2.65. The highest BCUT2D eigenvalue weighted by atomic mass is 35.5. The van der Waals surface area contributed by atoms with E-state index in [-0.39, 0.29) is 11.4 Å². The lowest BCUT2D eigenvalue weighted by Crippen LogP contribution is -2.21. The van der Waals surface area contributed by atoms with Crippen molar-refractivity contribution in [1.82, 2.24) is 10.4 Å². The van der Waals surface area contributed by atoms with E-state index in [1.54, 1.807) is 72.9 Å². The van der Waals surface area contributed by atoms with Gasteiger partial charge in [0.25, 0.3) is 5.91 Å². The van der Waals surface area contributed by atoms with Crippen LogP contribution in [0.4, 0.5) is 0 Å². The first-order chi connectivity index (χ1) is 12.1. The highest BCUT2D eigenvalue weighted by molar-refractivity contribution is 6.30. The van der Waals surface area contributed by atoms with Crippen molar-refractivity contribution < 1.29 is 9.90 Å². The normalized spacial score (nSPS) is 11.2. The lowest BCUT2D eigenvalue weighted by atomic mass is 10.0. The molecule has 0 radical (unpaired) electrons. The number of benzene rings is 2. The first kappa shape index (κ1) is 16.7. The minimum absolute atomic E-state index is 0.150. The predicted molar refractivity (Wildman–Crippen MR) is 96.9 cm³/mol. The van der Waals surface area contributed by atoms with Crippen LogP contribution in [0.1, 0.15) is 21.6 Å². The fraction of sp³-hybridized carbons (Fsp3) is 0. The lowest BCUT2D eigenvalue weighted by Gasteiger charge is -2.08. The second-order valence-electron chi connectivity index (χ2n) is 5.17. The summed E-state index contributed by atoms with van der Waals surface area (Å²) < 4.78 is 0. The quantitative estimate of drug-likeness (QED) is 0.557. The number of hydrogen-bond acceptors (Lipinski definition) is 4. The molecule has 2 aromatic carbocycles. The summed E-state index contributed by atoms with van der Waals surface area (Å²) in [5.74, 6) is -0.262. The molecule has 1 aromatic heterocycles. The van der Waals surface area contributed by atoms with Crippen molar-refractivity contribution in [2.24, 2.45) is 5.10 Å². The summed E-state index contributed by atoms with van der Waals surface area (Å²) in [4.78, 5) is 16.2. The van der Waals surface area contributed by atoms with Crippen LogP contribution in [0, 0.1) is 0 Å². The van der Waals surface area contributed by atoms with E-state index in [1.807, 2.05) is 0 Å². The molecule has 0 unspecified atom stereocenters. The number of phenolic OH excluding ortho intramolecular Hbond substituents is 1. The maximum atomic E-state index is 12.2. The van der Waals surface area contributed by atoms with Crippen LogP contribution in [0.3, 0.4) is 0 Å². The van der Waals surface area contributed by atoms with Crippen molar-refractivity contribution in [3.05, 3.63) is 94.8 Å². The Morgan fingerprint density at radius 3 is 2.20 bits per heavy atom. The Morgan fingerprint density at radius 1 is 0.960 bits per heavy atom. The van der Waals surface area contributed by atoms with Crippen LogP contribution in [0.5, 0.6) is 5.75 Å². The minimum atomic E-state index is -0.411. The summed E-state index contributed by atoms with van der Waals surface area (Å²) in [6, 6.07) is 18.7. The summed E-state index contributed by atoms with van der Waals surface area (Å²) in [5.41, 5.74) is 4.84. The largest absolute Gasteiger partial charge is 0.508 e. The Hall–Kier alpha value is -3.18. The molecule has 2 N–H and O–H groups in total. The van der Waals surface area contributed by atoms with Crippen molar-refractivity contribution in [1.29, 1.82) is 0 Å². The molecule has 0 aliphatic carbocycles. The van der Waals surface area contributed by atoms with Crippen LogP contribution in [-0.2, 0) is 0 Å². The van der Waals surface area contributed by atoms with Gasteiger partial charge in [0, 0.05) is 22.3 Å². The SMILES string of the molecule is O=C(N/N=C(\c1ccc(O)cc1)c1ccc(Cl)cc1)c1ccccn1. The van der Waals surface area contributed by atoms with E-state index in [9.17, 15) is 9.90 Å². The van der Waals surface area contributed by atoms with E-state index < -0.39 is 5.91 Å². The number of hydrogen-bond donors (Lipinski definition) is 2. The molecule has 3 aromatic rings. The van der Waals surface area contributed by atoms with Gasteiger partial charge in [0.2, 0.25) is 0 Å². The highest BCUT2D eigenvalue weighted by Gasteiger charge is 2.10. The number of phenols is 1. The molecule has 0 spiro atoms. The number of amides is 1. The molecular formula is C19H14ClN3O2. The molecule has 6 heteroatoms. The first-order valence-corrected chi connectivity index (χ1v) is 7.86. The highest BCUT2D eigenvalue weighted by Crippen LogP contribution is 2.17. The molecule has 0 atom stereocenters.